The highest BCUT2D eigenvalue weighted by Crippen LogP contribution is 2.07. The normalized spacial score (nSPS) is 19.8. The molecule has 2 radical (unpaired) electrons. The van der Waals surface area contributed by atoms with Gasteiger partial charge in [-0.1, -0.05) is 0 Å². The lowest BCUT2D eigenvalue weighted by Gasteiger charge is -2.29. The van der Waals surface area contributed by atoms with Crippen LogP contribution in [0.1, 0.15) is 19.8 Å². The van der Waals surface area contributed by atoms with Crippen molar-refractivity contribution in [3.63, 3.8) is 0 Å². The molecule has 1 amide bonds. The number of nitrogens with zero attached hydrogens (tertiary/aromatic N) is 1. The van der Waals surface area contributed by atoms with Crippen LogP contribution in [0.2, 0.25) is 0 Å². The number of hydrogen-bond acceptors (Lipinski definition) is 3. The van der Waals surface area contributed by atoms with Gasteiger partial charge in [-0.15, -0.1) is 0 Å². The largest absolute Gasteiger partial charge is 0.450 e. The average molecular weight is 182 g/mol. The Hall–Kier alpha value is -0.705. The van der Waals surface area contributed by atoms with Gasteiger partial charge in [0.25, 0.3) is 0 Å². The molecule has 4 nitrogen and oxygen atoms in total. The number of piperidine rings is 1. The average Bonchev–Trinajstić information content (AvgIpc) is 2.09. The van der Waals surface area contributed by atoms with Gasteiger partial charge in [-0.3, -0.25) is 0 Å². The number of alkyl carbamates (subject to hydrolysis) is 1. The fourth-order valence-electron chi connectivity index (χ4n) is 1.38. The number of rotatable bonds is 2. The summed E-state index contributed by atoms with van der Waals surface area (Å²) in [5.74, 6) is 0. The van der Waals surface area contributed by atoms with Crippen LogP contribution in [0.15, 0.2) is 0 Å². The minimum Gasteiger partial charge on any atom is -0.450 e. The van der Waals surface area contributed by atoms with Gasteiger partial charge in [0.15, 0.2) is 7.98 Å². The molecule has 0 unspecified atom stereocenters. The van der Waals surface area contributed by atoms with Crippen LogP contribution in [0.5, 0.6) is 0 Å². The van der Waals surface area contributed by atoms with E-state index in [0.717, 1.165) is 25.9 Å². The lowest BCUT2D eigenvalue weighted by atomic mass is 10.0. The van der Waals surface area contributed by atoms with Crippen LogP contribution in [-0.2, 0) is 4.74 Å². The second kappa shape index (κ2) is 5.12. The van der Waals surface area contributed by atoms with E-state index in [-0.39, 0.29) is 12.1 Å². The van der Waals surface area contributed by atoms with Gasteiger partial charge in [0.1, 0.15) is 0 Å². The van der Waals surface area contributed by atoms with Crippen molar-refractivity contribution in [1.29, 1.82) is 0 Å². The van der Waals surface area contributed by atoms with Crippen LogP contribution >= 0.6 is 0 Å². The monoisotopic (exact) mass is 182 g/mol. The number of nitrogens with one attached hydrogen (secondary N) is 1. The Kier molecular flexibility index (Phi) is 4.08. The van der Waals surface area contributed by atoms with Crippen molar-refractivity contribution in [1.82, 2.24) is 10.1 Å². The zero-order valence-electron chi connectivity index (χ0n) is 7.95. The molecule has 0 bridgehead atoms. The van der Waals surface area contributed by atoms with Crippen molar-refractivity contribution in [3.8, 4) is 0 Å². The molecule has 0 aliphatic carbocycles. The smallest absolute Gasteiger partial charge is 0.407 e. The summed E-state index contributed by atoms with van der Waals surface area (Å²) in [6, 6.07) is 0.221. The molecule has 1 aliphatic rings. The first-order valence-electron chi connectivity index (χ1n) is 4.65. The maximum Gasteiger partial charge on any atom is 0.407 e. The van der Waals surface area contributed by atoms with Crippen molar-refractivity contribution in [2.24, 2.45) is 0 Å². The molecule has 1 fully saturated rings. The molecule has 0 atom stereocenters. The van der Waals surface area contributed by atoms with E-state index in [2.05, 4.69) is 5.32 Å². The summed E-state index contributed by atoms with van der Waals surface area (Å²) < 4.78 is 4.78. The first kappa shape index (κ1) is 10.4. The van der Waals surface area contributed by atoms with Crippen molar-refractivity contribution >= 4 is 14.1 Å². The zero-order valence-corrected chi connectivity index (χ0v) is 7.95. The van der Waals surface area contributed by atoms with Gasteiger partial charge in [0.2, 0.25) is 0 Å². The number of ether oxygens (including phenoxy) is 1. The molecule has 1 saturated heterocycles. The minimum atomic E-state index is -0.321. The molecule has 0 spiro atoms. The summed E-state index contributed by atoms with van der Waals surface area (Å²) in [7, 11) is 5.58. The van der Waals surface area contributed by atoms with E-state index in [1.807, 2.05) is 0 Å². The number of hydrogen-bond donors (Lipinski definition) is 1. The molecule has 1 aliphatic heterocycles. The van der Waals surface area contributed by atoms with Gasteiger partial charge in [-0.05, 0) is 32.9 Å². The standard InChI is InChI=1S/C8H15BN2O2/c1-2-13-8(12)10-7-3-5-11(9)6-4-7/h7H,2-6H2,1H3,(H,10,12). The fraction of sp³-hybridized carbons (Fsp3) is 0.875. The van der Waals surface area contributed by atoms with Gasteiger partial charge < -0.3 is 14.9 Å². The van der Waals surface area contributed by atoms with Crippen LogP contribution in [0, 0.1) is 0 Å². The summed E-state index contributed by atoms with van der Waals surface area (Å²) >= 11 is 0. The molecule has 0 aromatic rings. The SMILES string of the molecule is [B]N1CCC(NC(=O)OCC)CC1. The van der Waals surface area contributed by atoms with E-state index >= 15 is 0 Å². The van der Waals surface area contributed by atoms with Crippen molar-refractivity contribution in [2.75, 3.05) is 19.7 Å². The third-order valence-corrected chi connectivity index (χ3v) is 2.13. The Balaban J connectivity index is 2.18. The molecule has 0 aromatic heterocycles. The van der Waals surface area contributed by atoms with Crippen LogP contribution in [0.4, 0.5) is 4.79 Å². The van der Waals surface area contributed by atoms with E-state index < -0.39 is 0 Å². The molecule has 0 aromatic carbocycles. The topological polar surface area (TPSA) is 41.6 Å². The highest BCUT2D eigenvalue weighted by molar-refractivity contribution is 6.04. The van der Waals surface area contributed by atoms with E-state index in [1.54, 1.807) is 11.7 Å². The van der Waals surface area contributed by atoms with Crippen LogP contribution < -0.4 is 5.32 Å². The van der Waals surface area contributed by atoms with Gasteiger partial charge in [0.05, 0.1) is 6.61 Å². The Morgan fingerprint density at radius 3 is 2.77 bits per heavy atom. The maximum absolute atomic E-state index is 11.0. The Labute approximate surface area is 80.0 Å². The van der Waals surface area contributed by atoms with E-state index in [0.29, 0.717) is 6.61 Å². The third-order valence-electron chi connectivity index (χ3n) is 2.13. The predicted molar refractivity (Wildman–Crippen MR) is 50.5 cm³/mol. The lowest BCUT2D eigenvalue weighted by Crippen LogP contribution is -2.43. The number of carbonyl (C=O) groups excluding carboxylic acids is 1. The van der Waals surface area contributed by atoms with E-state index in [4.69, 9.17) is 12.7 Å². The molecule has 1 rings (SSSR count). The Morgan fingerprint density at radius 1 is 1.62 bits per heavy atom. The number of carbonyl (C=O) groups is 1. The summed E-state index contributed by atoms with van der Waals surface area (Å²) in [6.07, 6.45) is 1.47. The summed E-state index contributed by atoms with van der Waals surface area (Å²) in [6.45, 7) is 3.87. The molecular formula is C8H15BN2O2. The zero-order chi connectivity index (χ0) is 9.68. The summed E-state index contributed by atoms with van der Waals surface area (Å²) in [4.78, 5) is 12.8. The molecule has 1 heterocycles. The van der Waals surface area contributed by atoms with Crippen molar-refractivity contribution in [3.05, 3.63) is 0 Å². The van der Waals surface area contributed by atoms with Gasteiger partial charge in [0, 0.05) is 6.04 Å². The fourth-order valence-corrected chi connectivity index (χ4v) is 1.38. The van der Waals surface area contributed by atoms with E-state index in [9.17, 15) is 4.79 Å². The minimum absolute atomic E-state index is 0.221. The molecule has 5 heteroatoms. The highest BCUT2D eigenvalue weighted by atomic mass is 16.5. The molecule has 13 heavy (non-hydrogen) atoms. The molecule has 1 N–H and O–H groups in total. The first-order valence-corrected chi connectivity index (χ1v) is 4.65. The van der Waals surface area contributed by atoms with Crippen LogP contribution in [0.25, 0.3) is 0 Å². The lowest BCUT2D eigenvalue weighted by molar-refractivity contribution is 0.143. The molecular weight excluding hydrogens is 167 g/mol. The first-order chi connectivity index (χ1) is 6.22. The van der Waals surface area contributed by atoms with Gasteiger partial charge in [-0.2, -0.15) is 0 Å². The van der Waals surface area contributed by atoms with Crippen LogP contribution in [0.3, 0.4) is 0 Å². The van der Waals surface area contributed by atoms with Crippen molar-refractivity contribution < 1.29 is 9.53 Å². The maximum atomic E-state index is 11.0. The third kappa shape index (κ3) is 3.68. The van der Waals surface area contributed by atoms with Crippen LogP contribution in [-0.4, -0.2) is 44.6 Å². The predicted octanol–water partition coefficient (Wildman–Crippen LogP) is 0.280. The quantitative estimate of drug-likeness (QED) is 0.623. The number of amides is 1. The summed E-state index contributed by atoms with van der Waals surface area (Å²) in [5.41, 5.74) is 0. The van der Waals surface area contributed by atoms with E-state index in [1.165, 1.54) is 0 Å². The second-order valence-corrected chi connectivity index (χ2v) is 3.18. The highest BCUT2D eigenvalue weighted by Gasteiger charge is 2.18. The molecule has 72 valence electrons. The van der Waals surface area contributed by atoms with Gasteiger partial charge >= 0.3 is 6.09 Å². The Bertz CT molecular complexity index is 170. The van der Waals surface area contributed by atoms with Crippen molar-refractivity contribution in [2.45, 2.75) is 25.8 Å². The second-order valence-electron chi connectivity index (χ2n) is 3.18. The molecule has 0 saturated carbocycles. The Morgan fingerprint density at radius 2 is 2.23 bits per heavy atom. The van der Waals surface area contributed by atoms with Gasteiger partial charge in [-0.25, -0.2) is 4.79 Å². The summed E-state index contributed by atoms with van der Waals surface area (Å²) in [5, 5.41) is 2.80.